The lowest BCUT2D eigenvalue weighted by Crippen LogP contribution is -2.52. The molecule has 2 aliphatic heterocycles. The summed E-state index contributed by atoms with van der Waals surface area (Å²) in [4.78, 5) is 25.5. The highest BCUT2D eigenvalue weighted by molar-refractivity contribution is 5.71. The molecular formula is C15H22N2O3. The molecule has 5 nitrogen and oxygen atoms in total. The quantitative estimate of drug-likeness (QED) is 0.728. The fourth-order valence-corrected chi connectivity index (χ4v) is 3.44. The number of hydrogen-bond donors (Lipinski definition) is 0. The fourth-order valence-electron chi connectivity index (χ4n) is 3.44. The van der Waals surface area contributed by atoms with Crippen LogP contribution in [0.15, 0.2) is 0 Å². The molecule has 3 atom stereocenters. The molecule has 2 bridgehead atoms. The highest BCUT2D eigenvalue weighted by Crippen LogP contribution is 2.46. The molecular weight excluding hydrogens is 256 g/mol. The first-order valence-electron chi connectivity index (χ1n) is 7.15. The number of carbonyl (C=O) groups excluding carboxylic acids is 2. The van der Waals surface area contributed by atoms with Crippen LogP contribution in [0.5, 0.6) is 0 Å². The molecule has 0 saturated carbocycles. The zero-order chi connectivity index (χ0) is 15.0. The van der Waals surface area contributed by atoms with E-state index in [1.165, 1.54) is 0 Å². The summed E-state index contributed by atoms with van der Waals surface area (Å²) in [5.74, 6) is 0. The summed E-state index contributed by atoms with van der Waals surface area (Å²) in [5.41, 5.74) is -1.08. The Morgan fingerprint density at radius 1 is 1.40 bits per heavy atom. The van der Waals surface area contributed by atoms with Crippen LogP contribution in [0, 0.1) is 16.7 Å². The van der Waals surface area contributed by atoms with E-state index < -0.39 is 11.0 Å². The Hall–Kier alpha value is -1.57. The number of carbonyl (C=O) groups is 2. The Labute approximate surface area is 119 Å². The highest BCUT2D eigenvalue weighted by Gasteiger charge is 2.50. The minimum absolute atomic E-state index is 0.0298. The van der Waals surface area contributed by atoms with Crippen molar-refractivity contribution in [2.24, 2.45) is 5.41 Å². The van der Waals surface area contributed by atoms with Crippen molar-refractivity contribution in [2.45, 2.75) is 70.6 Å². The minimum Gasteiger partial charge on any atom is -0.444 e. The van der Waals surface area contributed by atoms with Gasteiger partial charge in [-0.25, -0.2) is 4.79 Å². The molecule has 0 N–H and O–H groups in total. The largest absolute Gasteiger partial charge is 0.444 e. The SMILES string of the molecule is CC(C)(C)OC(=O)N1[C@@H]2CC[C@H]1CC(C=O)(CC#N)C2. The third kappa shape index (κ3) is 2.79. The van der Waals surface area contributed by atoms with Crippen molar-refractivity contribution in [3.63, 3.8) is 0 Å². The van der Waals surface area contributed by atoms with Crippen LogP contribution >= 0.6 is 0 Å². The Bertz CT molecular complexity index is 433. The van der Waals surface area contributed by atoms with Gasteiger partial charge in [-0.15, -0.1) is 0 Å². The lowest BCUT2D eigenvalue weighted by Gasteiger charge is -2.43. The van der Waals surface area contributed by atoms with Gasteiger partial charge in [0.25, 0.3) is 0 Å². The van der Waals surface area contributed by atoms with Gasteiger partial charge in [0.2, 0.25) is 0 Å². The molecule has 2 aliphatic rings. The van der Waals surface area contributed by atoms with Gasteiger partial charge < -0.3 is 14.4 Å². The number of fused-ring (bicyclic) bond motifs is 2. The van der Waals surface area contributed by atoms with Crippen LogP contribution in [0.2, 0.25) is 0 Å². The number of nitriles is 1. The minimum atomic E-state index is -0.570. The van der Waals surface area contributed by atoms with Gasteiger partial charge in [-0.3, -0.25) is 0 Å². The number of nitrogens with zero attached hydrogens (tertiary/aromatic N) is 2. The fraction of sp³-hybridized carbons (Fsp3) is 0.800. The summed E-state index contributed by atoms with van der Waals surface area (Å²) in [7, 11) is 0. The van der Waals surface area contributed by atoms with E-state index in [1.807, 2.05) is 20.8 Å². The van der Waals surface area contributed by atoms with Crippen LogP contribution in [0.1, 0.15) is 52.9 Å². The van der Waals surface area contributed by atoms with Crippen molar-refractivity contribution in [3.8, 4) is 6.07 Å². The van der Waals surface area contributed by atoms with Crippen LogP contribution in [-0.2, 0) is 9.53 Å². The zero-order valence-corrected chi connectivity index (χ0v) is 12.4. The summed E-state index contributed by atoms with van der Waals surface area (Å²) in [6, 6.07) is 2.17. The number of piperidine rings is 1. The standard InChI is InChI=1S/C15H22N2O3/c1-14(2,3)20-13(19)17-11-4-5-12(17)9-15(8-11,10-18)6-7-16/h10-12H,4-6,8-9H2,1-3H3/t11-,12+,15?. The van der Waals surface area contributed by atoms with Crippen LogP contribution in [0.3, 0.4) is 0 Å². The third-order valence-electron chi connectivity index (χ3n) is 4.19. The smallest absolute Gasteiger partial charge is 0.410 e. The Balaban J connectivity index is 2.13. The highest BCUT2D eigenvalue weighted by atomic mass is 16.6. The summed E-state index contributed by atoms with van der Waals surface area (Å²) in [5, 5.41) is 8.92. The van der Waals surface area contributed by atoms with Crippen LogP contribution in [0.4, 0.5) is 4.79 Å². The van der Waals surface area contributed by atoms with Crippen LogP contribution < -0.4 is 0 Å². The van der Waals surface area contributed by atoms with Crippen LogP contribution in [-0.4, -0.2) is 35.0 Å². The number of aldehydes is 1. The van der Waals surface area contributed by atoms with Crippen LogP contribution in [0.25, 0.3) is 0 Å². The van der Waals surface area contributed by atoms with Gasteiger partial charge in [0.05, 0.1) is 6.07 Å². The van der Waals surface area contributed by atoms with E-state index in [4.69, 9.17) is 10.00 Å². The van der Waals surface area contributed by atoms with Gasteiger partial charge in [-0.05, 0) is 46.5 Å². The second kappa shape index (κ2) is 5.08. The van der Waals surface area contributed by atoms with Crippen molar-refractivity contribution < 1.29 is 14.3 Å². The first-order valence-corrected chi connectivity index (χ1v) is 7.15. The van der Waals surface area contributed by atoms with Gasteiger partial charge in [-0.1, -0.05) is 0 Å². The van der Waals surface area contributed by atoms with Gasteiger partial charge in [-0.2, -0.15) is 5.26 Å². The lowest BCUT2D eigenvalue weighted by molar-refractivity contribution is -0.120. The maximum Gasteiger partial charge on any atom is 0.410 e. The van der Waals surface area contributed by atoms with Gasteiger partial charge in [0.15, 0.2) is 0 Å². The average molecular weight is 278 g/mol. The summed E-state index contributed by atoms with van der Waals surface area (Å²) >= 11 is 0. The van der Waals surface area contributed by atoms with Crippen molar-refractivity contribution in [2.75, 3.05) is 0 Å². The topological polar surface area (TPSA) is 70.4 Å². The lowest BCUT2D eigenvalue weighted by atomic mass is 9.74. The number of ether oxygens (including phenoxy) is 1. The number of rotatable bonds is 2. The molecule has 110 valence electrons. The molecule has 0 radical (unpaired) electrons. The maximum absolute atomic E-state index is 12.3. The molecule has 0 aliphatic carbocycles. The first kappa shape index (κ1) is 14.8. The van der Waals surface area contributed by atoms with Gasteiger partial charge in [0, 0.05) is 23.9 Å². The Morgan fingerprint density at radius 2 is 1.95 bits per heavy atom. The molecule has 1 amide bonds. The first-order chi connectivity index (χ1) is 9.30. The summed E-state index contributed by atoms with van der Waals surface area (Å²) in [6.45, 7) is 5.55. The molecule has 5 heteroatoms. The van der Waals surface area contributed by atoms with Gasteiger partial charge >= 0.3 is 6.09 Å². The molecule has 2 rings (SSSR count). The van der Waals surface area contributed by atoms with E-state index in [9.17, 15) is 9.59 Å². The molecule has 1 unspecified atom stereocenters. The van der Waals surface area contributed by atoms with Gasteiger partial charge in [0.1, 0.15) is 11.9 Å². The predicted octanol–water partition coefficient (Wildman–Crippen LogP) is 2.65. The molecule has 0 spiro atoms. The number of hydrogen-bond acceptors (Lipinski definition) is 4. The molecule has 0 aromatic rings. The van der Waals surface area contributed by atoms with Crippen molar-refractivity contribution in [3.05, 3.63) is 0 Å². The Kier molecular flexibility index (Phi) is 3.77. The normalized spacial score (nSPS) is 32.6. The second-order valence-electron chi connectivity index (χ2n) is 7.00. The molecule has 2 heterocycles. The molecule has 2 fully saturated rings. The number of amides is 1. The molecule has 2 saturated heterocycles. The zero-order valence-electron chi connectivity index (χ0n) is 12.4. The van der Waals surface area contributed by atoms with E-state index in [0.717, 1.165) is 19.1 Å². The van der Waals surface area contributed by atoms with E-state index in [0.29, 0.717) is 12.8 Å². The van der Waals surface area contributed by atoms with Crippen molar-refractivity contribution >= 4 is 12.4 Å². The second-order valence-corrected chi connectivity index (χ2v) is 7.00. The van der Waals surface area contributed by atoms with Crippen molar-refractivity contribution in [1.29, 1.82) is 5.26 Å². The monoisotopic (exact) mass is 278 g/mol. The summed E-state index contributed by atoms with van der Waals surface area (Å²) in [6.07, 6.45) is 3.83. The third-order valence-corrected chi connectivity index (χ3v) is 4.19. The average Bonchev–Trinajstić information content (AvgIpc) is 2.61. The summed E-state index contributed by atoms with van der Waals surface area (Å²) < 4.78 is 5.45. The van der Waals surface area contributed by atoms with Crippen molar-refractivity contribution in [1.82, 2.24) is 4.90 Å². The maximum atomic E-state index is 12.3. The molecule has 0 aromatic heterocycles. The molecule has 0 aromatic carbocycles. The van der Waals surface area contributed by atoms with E-state index in [-0.39, 0.29) is 24.6 Å². The van der Waals surface area contributed by atoms with E-state index in [1.54, 1.807) is 4.90 Å². The van der Waals surface area contributed by atoms with E-state index in [2.05, 4.69) is 6.07 Å². The Morgan fingerprint density at radius 3 is 2.35 bits per heavy atom. The molecule has 20 heavy (non-hydrogen) atoms. The van der Waals surface area contributed by atoms with E-state index >= 15 is 0 Å². The predicted molar refractivity (Wildman–Crippen MR) is 72.8 cm³/mol.